The van der Waals surface area contributed by atoms with E-state index in [1.807, 2.05) is 0 Å². The van der Waals surface area contributed by atoms with Crippen LogP contribution in [-0.4, -0.2) is 51.1 Å². The molecule has 8 nitrogen and oxygen atoms in total. The van der Waals surface area contributed by atoms with Crippen LogP contribution in [0.1, 0.15) is 15.9 Å². The van der Waals surface area contributed by atoms with Gasteiger partial charge in [0.25, 0.3) is 5.91 Å². The maximum atomic E-state index is 14.5. The molecule has 0 bridgehead atoms. The molecule has 1 aliphatic rings. The normalized spacial score (nSPS) is 14.4. The summed E-state index contributed by atoms with van der Waals surface area (Å²) in [6.07, 6.45) is 2.62. The molecule has 0 radical (unpaired) electrons. The van der Waals surface area contributed by atoms with Gasteiger partial charge in [-0.3, -0.25) is 4.79 Å². The summed E-state index contributed by atoms with van der Waals surface area (Å²) in [5, 5.41) is 15.3. The molecule has 10 heteroatoms. The Balaban J connectivity index is 1.63. The van der Waals surface area contributed by atoms with E-state index in [2.05, 4.69) is 10.1 Å². The fourth-order valence-electron chi connectivity index (χ4n) is 3.38. The smallest absolute Gasteiger partial charge is 0.253 e. The number of nitrogens with zero attached hydrogens (tertiary/aromatic N) is 4. The first-order chi connectivity index (χ1) is 14.4. The van der Waals surface area contributed by atoms with Gasteiger partial charge in [-0.1, -0.05) is 6.07 Å². The van der Waals surface area contributed by atoms with Crippen LogP contribution in [0.2, 0.25) is 0 Å². The van der Waals surface area contributed by atoms with Gasteiger partial charge in [-0.2, -0.15) is 5.10 Å². The molecule has 0 saturated heterocycles. The number of carbonyl (C=O) groups is 1. The largest absolute Gasteiger partial charge is 0.454 e. The summed E-state index contributed by atoms with van der Waals surface area (Å²) in [7, 11) is 1.47. The summed E-state index contributed by atoms with van der Waals surface area (Å²) >= 11 is 0. The van der Waals surface area contributed by atoms with Crippen LogP contribution in [0.5, 0.6) is 11.5 Å². The number of rotatable bonds is 6. The van der Waals surface area contributed by atoms with Gasteiger partial charge in [-0.15, -0.1) is 0 Å². The average Bonchev–Trinajstić information content (AvgIpc) is 3.37. The van der Waals surface area contributed by atoms with Crippen LogP contribution in [0.15, 0.2) is 49.1 Å². The van der Waals surface area contributed by atoms with E-state index in [0.717, 1.165) is 12.1 Å². The maximum absolute atomic E-state index is 14.5. The van der Waals surface area contributed by atoms with Gasteiger partial charge in [0.05, 0.1) is 13.1 Å². The van der Waals surface area contributed by atoms with Crippen molar-refractivity contribution in [3.63, 3.8) is 0 Å². The Labute approximate surface area is 170 Å². The first-order valence-electron chi connectivity index (χ1n) is 9.01. The molecule has 0 spiro atoms. The summed E-state index contributed by atoms with van der Waals surface area (Å²) < 4.78 is 39.8. The van der Waals surface area contributed by atoms with Crippen molar-refractivity contribution in [2.24, 2.45) is 0 Å². The summed E-state index contributed by atoms with van der Waals surface area (Å²) in [6, 6.07) is 7.61. The minimum absolute atomic E-state index is 0.0737. The van der Waals surface area contributed by atoms with Gasteiger partial charge >= 0.3 is 0 Å². The van der Waals surface area contributed by atoms with Gasteiger partial charge < -0.3 is 19.5 Å². The molecule has 4 rings (SSSR count). The standard InChI is InChI=1S/C20H18F2N4O4/c1-25(19(27)13-2-5-17-18(6-13)30-12-29-17)8-20(28,9-26-11-23-10-24-26)15-4-3-14(21)7-16(15)22/h2-7,10-11,28H,8-9,12H2,1H3. The highest BCUT2D eigenvalue weighted by molar-refractivity contribution is 5.94. The van der Waals surface area contributed by atoms with Crippen molar-refractivity contribution < 1.29 is 28.2 Å². The Hall–Kier alpha value is -3.53. The summed E-state index contributed by atoms with van der Waals surface area (Å²) in [4.78, 5) is 18.0. The number of halogens is 2. The van der Waals surface area contributed by atoms with E-state index in [9.17, 15) is 18.7 Å². The maximum Gasteiger partial charge on any atom is 0.253 e. The number of aromatic nitrogens is 3. The van der Waals surface area contributed by atoms with Crippen molar-refractivity contribution in [2.75, 3.05) is 20.4 Å². The molecular weight excluding hydrogens is 398 g/mol. The van der Waals surface area contributed by atoms with Crippen LogP contribution in [0.3, 0.4) is 0 Å². The van der Waals surface area contributed by atoms with Gasteiger partial charge in [-0.05, 0) is 24.3 Å². The Morgan fingerprint density at radius 1 is 1.23 bits per heavy atom. The highest BCUT2D eigenvalue weighted by Gasteiger charge is 2.36. The molecule has 0 saturated carbocycles. The average molecular weight is 416 g/mol. The third-order valence-corrected chi connectivity index (χ3v) is 4.79. The second-order valence-electron chi connectivity index (χ2n) is 6.98. The van der Waals surface area contributed by atoms with Crippen LogP contribution < -0.4 is 9.47 Å². The number of likely N-dealkylation sites (N-methyl/N-ethyl adjacent to an activating group) is 1. The lowest BCUT2D eigenvalue weighted by atomic mass is 9.92. The lowest BCUT2D eigenvalue weighted by Gasteiger charge is -2.33. The number of ether oxygens (including phenoxy) is 2. The summed E-state index contributed by atoms with van der Waals surface area (Å²) in [5.41, 5.74) is -1.75. The van der Waals surface area contributed by atoms with Crippen molar-refractivity contribution in [2.45, 2.75) is 12.1 Å². The Bertz CT molecular complexity index is 1080. The lowest BCUT2D eigenvalue weighted by Crippen LogP contribution is -2.45. The van der Waals surface area contributed by atoms with Crippen LogP contribution in [-0.2, 0) is 12.1 Å². The number of aliphatic hydroxyl groups is 1. The van der Waals surface area contributed by atoms with E-state index in [0.29, 0.717) is 23.1 Å². The molecule has 0 aliphatic carbocycles. The highest BCUT2D eigenvalue weighted by atomic mass is 19.1. The first-order valence-corrected chi connectivity index (χ1v) is 9.01. The molecule has 30 heavy (non-hydrogen) atoms. The molecular formula is C20H18F2N4O4. The molecule has 1 N–H and O–H groups in total. The molecule has 1 unspecified atom stereocenters. The number of benzene rings is 2. The minimum atomic E-state index is -1.90. The lowest BCUT2D eigenvalue weighted by molar-refractivity contribution is -0.0129. The van der Waals surface area contributed by atoms with E-state index in [1.54, 1.807) is 12.1 Å². The van der Waals surface area contributed by atoms with Gasteiger partial charge in [-0.25, -0.2) is 18.4 Å². The summed E-state index contributed by atoms with van der Waals surface area (Å²) in [5.74, 6) is -1.15. The van der Waals surface area contributed by atoms with Gasteiger partial charge in [0, 0.05) is 24.2 Å². The molecule has 2 heterocycles. The Kier molecular flexibility index (Phi) is 5.08. The zero-order valence-corrected chi connectivity index (χ0v) is 16.0. The van der Waals surface area contributed by atoms with Gasteiger partial charge in [0.15, 0.2) is 11.5 Å². The second kappa shape index (κ2) is 7.71. The van der Waals surface area contributed by atoms with Crippen molar-refractivity contribution in [3.8, 4) is 11.5 Å². The zero-order valence-electron chi connectivity index (χ0n) is 16.0. The van der Waals surface area contributed by atoms with Crippen LogP contribution >= 0.6 is 0 Å². The van der Waals surface area contributed by atoms with Crippen molar-refractivity contribution in [3.05, 3.63) is 71.8 Å². The molecule has 1 atom stereocenters. The van der Waals surface area contributed by atoms with Crippen LogP contribution in [0.4, 0.5) is 8.78 Å². The third-order valence-electron chi connectivity index (χ3n) is 4.79. The zero-order chi connectivity index (χ0) is 21.3. The number of fused-ring (bicyclic) bond motifs is 1. The topological polar surface area (TPSA) is 89.7 Å². The van der Waals surface area contributed by atoms with E-state index in [1.165, 1.54) is 35.4 Å². The predicted molar refractivity (Wildman–Crippen MR) is 99.8 cm³/mol. The van der Waals surface area contributed by atoms with E-state index >= 15 is 0 Å². The van der Waals surface area contributed by atoms with Gasteiger partial charge in [0.2, 0.25) is 6.79 Å². The molecule has 1 aliphatic heterocycles. The molecule has 1 amide bonds. The fourth-order valence-corrected chi connectivity index (χ4v) is 3.38. The van der Waals surface area contributed by atoms with Crippen molar-refractivity contribution in [1.82, 2.24) is 19.7 Å². The van der Waals surface area contributed by atoms with Crippen LogP contribution in [0.25, 0.3) is 0 Å². The van der Waals surface area contributed by atoms with Crippen molar-refractivity contribution in [1.29, 1.82) is 0 Å². The molecule has 2 aromatic carbocycles. The predicted octanol–water partition coefficient (Wildman–Crippen LogP) is 1.94. The highest BCUT2D eigenvalue weighted by Crippen LogP contribution is 2.33. The molecule has 1 aromatic heterocycles. The number of carbonyl (C=O) groups excluding carboxylic acids is 1. The third kappa shape index (κ3) is 3.81. The van der Waals surface area contributed by atoms with E-state index in [4.69, 9.17) is 9.47 Å². The second-order valence-corrected chi connectivity index (χ2v) is 6.98. The number of hydrogen-bond donors (Lipinski definition) is 1. The Morgan fingerprint density at radius 3 is 2.77 bits per heavy atom. The monoisotopic (exact) mass is 416 g/mol. The van der Waals surface area contributed by atoms with E-state index < -0.39 is 23.1 Å². The fraction of sp³-hybridized carbons (Fsp3) is 0.250. The van der Waals surface area contributed by atoms with E-state index in [-0.39, 0.29) is 25.4 Å². The molecule has 0 fully saturated rings. The van der Waals surface area contributed by atoms with Crippen molar-refractivity contribution >= 4 is 5.91 Å². The Morgan fingerprint density at radius 2 is 2.03 bits per heavy atom. The SMILES string of the molecule is CN(CC(O)(Cn1cncn1)c1ccc(F)cc1F)C(=O)c1ccc2c(c1)OCO2. The minimum Gasteiger partial charge on any atom is -0.454 e. The molecule has 3 aromatic rings. The first kappa shape index (κ1) is 19.8. The van der Waals surface area contributed by atoms with Crippen LogP contribution in [0, 0.1) is 11.6 Å². The van der Waals surface area contributed by atoms with Gasteiger partial charge in [0.1, 0.15) is 29.9 Å². The number of hydrogen-bond acceptors (Lipinski definition) is 6. The summed E-state index contributed by atoms with van der Waals surface area (Å²) in [6.45, 7) is -0.415. The molecule has 156 valence electrons. The quantitative estimate of drug-likeness (QED) is 0.661. The number of amides is 1.